The van der Waals surface area contributed by atoms with Gasteiger partial charge >= 0.3 is 0 Å². The summed E-state index contributed by atoms with van der Waals surface area (Å²) >= 11 is 0. The Morgan fingerprint density at radius 3 is 2.70 bits per heavy atom. The number of likely N-dealkylation sites (tertiary alicyclic amines) is 1. The first kappa shape index (κ1) is 16.6. The lowest BCUT2D eigenvalue weighted by molar-refractivity contribution is -0.142. The summed E-state index contributed by atoms with van der Waals surface area (Å²) in [4.78, 5) is 37.1. The molecule has 3 N–H and O–H groups in total. The summed E-state index contributed by atoms with van der Waals surface area (Å²) in [6.07, 6.45) is 1.92. The average molecular weight is 285 g/mol. The molecular formula is C13H23N3O4. The Balaban J connectivity index is 2.67. The van der Waals surface area contributed by atoms with E-state index in [1.165, 1.54) is 7.11 Å². The van der Waals surface area contributed by atoms with Gasteiger partial charge in [0.25, 0.3) is 5.91 Å². The Morgan fingerprint density at radius 2 is 2.15 bits per heavy atom. The van der Waals surface area contributed by atoms with Gasteiger partial charge in [0, 0.05) is 13.7 Å². The second-order valence-corrected chi connectivity index (χ2v) is 4.84. The standard InChI is InChI=1S/C13H23N3O4/c1-3-9(11(17)13(19)15-6-8-20-2)16-7-4-5-10(16)12(14)18/h9-10H,3-8H2,1-2H3,(H2,14,18)(H,15,19)/t9-,10?/m0/s1. The molecule has 1 unspecified atom stereocenters. The third kappa shape index (κ3) is 4.01. The van der Waals surface area contributed by atoms with Crippen molar-refractivity contribution in [3.8, 4) is 0 Å². The second kappa shape index (κ2) is 7.96. The van der Waals surface area contributed by atoms with Crippen LogP contribution in [0.3, 0.4) is 0 Å². The number of nitrogens with zero attached hydrogens (tertiary/aromatic N) is 1. The molecule has 7 heteroatoms. The topological polar surface area (TPSA) is 102 Å². The van der Waals surface area contributed by atoms with Crippen LogP contribution in [0.1, 0.15) is 26.2 Å². The van der Waals surface area contributed by atoms with Gasteiger partial charge in [-0.15, -0.1) is 0 Å². The fraction of sp³-hybridized carbons (Fsp3) is 0.769. The number of carbonyl (C=O) groups excluding carboxylic acids is 3. The summed E-state index contributed by atoms with van der Waals surface area (Å²) in [6, 6.07) is -1.03. The summed E-state index contributed by atoms with van der Waals surface area (Å²) in [5.41, 5.74) is 5.35. The predicted molar refractivity (Wildman–Crippen MR) is 72.9 cm³/mol. The zero-order valence-corrected chi connectivity index (χ0v) is 12.1. The van der Waals surface area contributed by atoms with Gasteiger partial charge in [-0.1, -0.05) is 6.92 Å². The highest BCUT2D eigenvalue weighted by molar-refractivity contribution is 6.38. The van der Waals surface area contributed by atoms with E-state index >= 15 is 0 Å². The minimum atomic E-state index is -0.635. The number of hydrogen-bond acceptors (Lipinski definition) is 5. The Kier molecular flexibility index (Phi) is 6.60. The number of amides is 2. The van der Waals surface area contributed by atoms with Gasteiger partial charge < -0.3 is 15.8 Å². The molecule has 1 fully saturated rings. The van der Waals surface area contributed by atoms with Crippen molar-refractivity contribution in [2.75, 3.05) is 26.8 Å². The van der Waals surface area contributed by atoms with Crippen LogP contribution >= 0.6 is 0 Å². The molecule has 1 aliphatic rings. The van der Waals surface area contributed by atoms with Crippen molar-refractivity contribution in [1.29, 1.82) is 0 Å². The first-order chi connectivity index (χ1) is 9.52. The summed E-state index contributed by atoms with van der Waals surface area (Å²) in [7, 11) is 1.52. The number of carbonyl (C=O) groups is 3. The number of rotatable bonds is 8. The van der Waals surface area contributed by atoms with Crippen molar-refractivity contribution in [2.24, 2.45) is 5.73 Å². The van der Waals surface area contributed by atoms with Crippen molar-refractivity contribution in [3.63, 3.8) is 0 Å². The molecule has 0 spiro atoms. The highest BCUT2D eigenvalue weighted by atomic mass is 16.5. The molecular weight excluding hydrogens is 262 g/mol. The number of nitrogens with one attached hydrogen (secondary N) is 1. The smallest absolute Gasteiger partial charge is 0.289 e. The number of methoxy groups -OCH3 is 1. The van der Waals surface area contributed by atoms with Crippen LogP contribution in [0.5, 0.6) is 0 Å². The molecule has 1 aliphatic heterocycles. The van der Waals surface area contributed by atoms with E-state index in [0.717, 1.165) is 6.42 Å². The van der Waals surface area contributed by atoms with Gasteiger partial charge in [-0.2, -0.15) is 0 Å². The number of ketones is 1. The molecule has 0 radical (unpaired) electrons. The minimum absolute atomic E-state index is 0.288. The van der Waals surface area contributed by atoms with Crippen LogP contribution in [-0.2, 0) is 19.1 Å². The number of nitrogens with two attached hydrogens (primary N) is 1. The molecule has 0 saturated carbocycles. The molecule has 0 aromatic rings. The molecule has 0 aromatic heterocycles. The lowest BCUT2D eigenvalue weighted by Gasteiger charge is -2.29. The SMILES string of the molecule is CC[C@@H](C(=O)C(=O)NCCOC)N1CCCC1C(N)=O. The van der Waals surface area contributed by atoms with E-state index < -0.39 is 29.7 Å². The normalized spacial score (nSPS) is 20.6. The quantitative estimate of drug-likeness (QED) is 0.442. The van der Waals surface area contributed by atoms with Crippen LogP contribution in [0.15, 0.2) is 0 Å². The molecule has 1 rings (SSSR count). The van der Waals surface area contributed by atoms with Crippen molar-refractivity contribution in [3.05, 3.63) is 0 Å². The minimum Gasteiger partial charge on any atom is -0.383 e. The highest BCUT2D eigenvalue weighted by Crippen LogP contribution is 2.22. The fourth-order valence-electron chi connectivity index (χ4n) is 2.54. The van der Waals surface area contributed by atoms with Crippen LogP contribution in [-0.4, -0.2) is 61.4 Å². The largest absolute Gasteiger partial charge is 0.383 e. The molecule has 0 aromatic carbocycles. The van der Waals surface area contributed by atoms with Crippen LogP contribution in [0.25, 0.3) is 0 Å². The van der Waals surface area contributed by atoms with Crippen LogP contribution in [0.2, 0.25) is 0 Å². The molecule has 2 atom stereocenters. The summed E-state index contributed by atoms with van der Waals surface area (Å²) in [6.45, 7) is 3.07. The van der Waals surface area contributed by atoms with E-state index in [1.807, 2.05) is 6.92 Å². The lowest BCUT2D eigenvalue weighted by atomic mass is 10.1. The monoisotopic (exact) mass is 285 g/mol. The van der Waals surface area contributed by atoms with Gasteiger partial charge in [-0.3, -0.25) is 19.3 Å². The fourth-order valence-corrected chi connectivity index (χ4v) is 2.54. The van der Waals surface area contributed by atoms with Crippen molar-refractivity contribution < 1.29 is 19.1 Å². The first-order valence-corrected chi connectivity index (χ1v) is 6.89. The van der Waals surface area contributed by atoms with Gasteiger partial charge in [0.15, 0.2) is 0 Å². The van der Waals surface area contributed by atoms with E-state index in [2.05, 4.69) is 5.32 Å². The Morgan fingerprint density at radius 1 is 1.45 bits per heavy atom. The van der Waals surface area contributed by atoms with Crippen LogP contribution < -0.4 is 11.1 Å². The summed E-state index contributed by atoms with van der Waals surface area (Å²) < 4.78 is 4.81. The first-order valence-electron chi connectivity index (χ1n) is 6.89. The molecule has 0 aliphatic carbocycles. The van der Waals surface area contributed by atoms with Gasteiger partial charge in [0.05, 0.1) is 18.7 Å². The zero-order valence-electron chi connectivity index (χ0n) is 12.1. The maximum atomic E-state index is 12.2. The average Bonchev–Trinajstić information content (AvgIpc) is 2.89. The van der Waals surface area contributed by atoms with E-state index in [9.17, 15) is 14.4 Å². The van der Waals surface area contributed by atoms with Crippen LogP contribution in [0.4, 0.5) is 0 Å². The van der Waals surface area contributed by atoms with Crippen molar-refractivity contribution >= 4 is 17.6 Å². The van der Waals surface area contributed by atoms with E-state index in [4.69, 9.17) is 10.5 Å². The van der Waals surface area contributed by atoms with E-state index in [-0.39, 0.29) is 6.54 Å². The Labute approximate surface area is 118 Å². The van der Waals surface area contributed by atoms with E-state index in [0.29, 0.717) is 26.0 Å². The van der Waals surface area contributed by atoms with Gasteiger partial charge in [0.1, 0.15) is 0 Å². The van der Waals surface area contributed by atoms with E-state index in [1.54, 1.807) is 4.90 Å². The maximum Gasteiger partial charge on any atom is 0.289 e. The zero-order chi connectivity index (χ0) is 15.1. The van der Waals surface area contributed by atoms with Gasteiger partial charge in [-0.25, -0.2) is 0 Å². The molecule has 1 saturated heterocycles. The van der Waals surface area contributed by atoms with Gasteiger partial charge in [-0.05, 0) is 25.8 Å². The molecule has 7 nitrogen and oxygen atoms in total. The number of Topliss-reactive ketones (excluding diaryl/α,β-unsaturated/α-hetero) is 1. The molecule has 114 valence electrons. The lowest BCUT2D eigenvalue weighted by Crippen LogP contribution is -2.52. The number of ether oxygens (including phenoxy) is 1. The molecule has 0 bridgehead atoms. The summed E-state index contributed by atoms with van der Waals surface area (Å²) in [5, 5.41) is 2.51. The number of hydrogen-bond donors (Lipinski definition) is 2. The van der Waals surface area contributed by atoms with Crippen LogP contribution in [0, 0.1) is 0 Å². The Bertz CT molecular complexity index is 373. The Hall–Kier alpha value is -1.47. The maximum absolute atomic E-state index is 12.2. The predicted octanol–water partition coefficient (Wildman–Crippen LogP) is -0.954. The summed E-state index contributed by atoms with van der Waals surface area (Å²) in [5.74, 6) is -1.59. The number of primary amides is 1. The second-order valence-electron chi connectivity index (χ2n) is 4.84. The highest BCUT2D eigenvalue weighted by Gasteiger charge is 2.38. The molecule has 2 amide bonds. The molecule has 1 heterocycles. The van der Waals surface area contributed by atoms with Gasteiger partial charge in [0.2, 0.25) is 11.7 Å². The van der Waals surface area contributed by atoms with Crippen molar-refractivity contribution in [1.82, 2.24) is 10.2 Å². The molecule has 20 heavy (non-hydrogen) atoms. The third-order valence-electron chi connectivity index (χ3n) is 3.53. The van der Waals surface area contributed by atoms with Crippen molar-refractivity contribution in [2.45, 2.75) is 38.3 Å². The third-order valence-corrected chi connectivity index (χ3v) is 3.53.